The second-order valence-electron chi connectivity index (χ2n) is 3.39. The zero-order chi connectivity index (χ0) is 10.8. The van der Waals surface area contributed by atoms with Crippen molar-refractivity contribution in [3.63, 3.8) is 0 Å². The molecule has 0 bridgehead atoms. The first-order valence-corrected chi connectivity index (χ1v) is 5.48. The summed E-state index contributed by atoms with van der Waals surface area (Å²) < 4.78 is 13.0. The molecular weight excluding hydrogens is 211 g/mol. The fraction of sp³-hybridized carbons (Fsp3) is 0.167. The largest absolute Gasteiger partial charge is 0.391 e. The number of thiophene rings is 1. The average molecular weight is 222 g/mol. The standard InChI is InChI=1S/C12H11FOS/c1-8-6-9(2-4-11(8)13)12-5-3-10(7-14)15-12/h2-6,14H,7H2,1H3. The zero-order valence-electron chi connectivity index (χ0n) is 8.33. The predicted octanol–water partition coefficient (Wildman–Crippen LogP) is 3.35. The van der Waals surface area contributed by atoms with Crippen LogP contribution in [0.3, 0.4) is 0 Å². The lowest BCUT2D eigenvalue weighted by Gasteiger charge is -2.00. The predicted molar refractivity (Wildman–Crippen MR) is 60.4 cm³/mol. The summed E-state index contributed by atoms with van der Waals surface area (Å²) in [7, 11) is 0. The Morgan fingerprint density at radius 1 is 1.27 bits per heavy atom. The smallest absolute Gasteiger partial charge is 0.126 e. The molecule has 0 radical (unpaired) electrons. The van der Waals surface area contributed by atoms with E-state index in [2.05, 4.69) is 0 Å². The van der Waals surface area contributed by atoms with E-state index in [0.717, 1.165) is 15.3 Å². The molecule has 2 rings (SSSR count). The molecule has 1 heterocycles. The van der Waals surface area contributed by atoms with E-state index in [1.807, 2.05) is 18.2 Å². The second kappa shape index (κ2) is 4.13. The first kappa shape index (κ1) is 10.3. The Balaban J connectivity index is 2.40. The molecule has 0 amide bonds. The van der Waals surface area contributed by atoms with E-state index in [0.29, 0.717) is 5.56 Å². The van der Waals surface area contributed by atoms with Crippen molar-refractivity contribution in [1.29, 1.82) is 0 Å². The van der Waals surface area contributed by atoms with Crippen molar-refractivity contribution in [3.05, 3.63) is 46.6 Å². The van der Waals surface area contributed by atoms with Gasteiger partial charge in [-0.15, -0.1) is 11.3 Å². The van der Waals surface area contributed by atoms with Crippen LogP contribution in [0.1, 0.15) is 10.4 Å². The van der Waals surface area contributed by atoms with Crippen LogP contribution in [0.2, 0.25) is 0 Å². The van der Waals surface area contributed by atoms with Gasteiger partial charge in [-0.25, -0.2) is 4.39 Å². The SMILES string of the molecule is Cc1cc(-c2ccc(CO)s2)ccc1F. The van der Waals surface area contributed by atoms with Crippen LogP contribution in [0.15, 0.2) is 30.3 Å². The van der Waals surface area contributed by atoms with Gasteiger partial charge in [-0.2, -0.15) is 0 Å². The molecule has 0 atom stereocenters. The lowest BCUT2D eigenvalue weighted by molar-refractivity contribution is 0.285. The van der Waals surface area contributed by atoms with E-state index < -0.39 is 0 Å². The molecule has 3 heteroatoms. The minimum atomic E-state index is -0.183. The maximum atomic E-state index is 13.0. The van der Waals surface area contributed by atoms with Crippen molar-refractivity contribution in [2.45, 2.75) is 13.5 Å². The highest BCUT2D eigenvalue weighted by Crippen LogP contribution is 2.29. The highest BCUT2D eigenvalue weighted by molar-refractivity contribution is 7.15. The van der Waals surface area contributed by atoms with Crippen LogP contribution in [0.25, 0.3) is 10.4 Å². The molecule has 2 aromatic rings. The van der Waals surface area contributed by atoms with Gasteiger partial charge >= 0.3 is 0 Å². The number of rotatable bonds is 2. The van der Waals surface area contributed by atoms with Gasteiger partial charge < -0.3 is 5.11 Å². The number of benzene rings is 1. The van der Waals surface area contributed by atoms with Crippen molar-refractivity contribution in [2.75, 3.05) is 0 Å². The summed E-state index contributed by atoms with van der Waals surface area (Å²) in [4.78, 5) is 1.98. The molecule has 0 aliphatic heterocycles. The Bertz CT molecular complexity index is 476. The van der Waals surface area contributed by atoms with Gasteiger partial charge in [0.25, 0.3) is 0 Å². The Labute approximate surface area is 91.8 Å². The summed E-state index contributed by atoms with van der Waals surface area (Å²) in [5.74, 6) is -0.183. The van der Waals surface area contributed by atoms with Crippen LogP contribution in [-0.4, -0.2) is 5.11 Å². The molecule has 78 valence electrons. The summed E-state index contributed by atoms with van der Waals surface area (Å²) in [5, 5.41) is 8.95. The van der Waals surface area contributed by atoms with Crippen molar-refractivity contribution >= 4 is 11.3 Å². The minimum absolute atomic E-state index is 0.0604. The number of aryl methyl sites for hydroxylation is 1. The fourth-order valence-corrected chi connectivity index (χ4v) is 2.28. The fourth-order valence-electron chi connectivity index (χ4n) is 1.42. The first-order valence-electron chi connectivity index (χ1n) is 4.67. The monoisotopic (exact) mass is 222 g/mol. The lowest BCUT2D eigenvalue weighted by Crippen LogP contribution is -1.81. The zero-order valence-corrected chi connectivity index (χ0v) is 9.14. The molecule has 0 unspecified atom stereocenters. The number of aliphatic hydroxyl groups is 1. The summed E-state index contributed by atoms with van der Waals surface area (Å²) >= 11 is 1.53. The molecule has 1 N–H and O–H groups in total. The van der Waals surface area contributed by atoms with E-state index in [9.17, 15) is 4.39 Å². The molecule has 15 heavy (non-hydrogen) atoms. The minimum Gasteiger partial charge on any atom is -0.391 e. The number of hydrogen-bond donors (Lipinski definition) is 1. The Hall–Kier alpha value is -1.19. The molecule has 1 aromatic heterocycles. The molecule has 0 saturated carbocycles. The van der Waals surface area contributed by atoms with Crippen LogP contribution >= 0.6 is 11.3 Å². The quantitative estimate of drug-likeness (QED) is 0.826. The lowest BCUT2D eigenvalue weighted by atomic mass is 10.1. The van der Waals surface area contributed by atoms with E-state index >= 15 is 0 Å². The summed E-state index contributed by atoms with van der Waals surface area (Å²) in [6, 6.07) is 8.89. The van der Waals surface area contributed by atoms with Crippen molar-refractivity contribution in [1.82, 2.24) is 0 Å². The third-order valence-electron chi connectivity index (χ3n) is 2.26. The third-order valence-corrected chi connectivity index (χ3v) is 3.38. The maximum Gasteiger partial charge on any atom is 0.126 e. The van der Waals surface area contributed by atoms with Crippen LogP contribution in [0, 0.1) is 12.7 Å². The third kappa shape index (κ3) is 2.08. The molecule has 0 aliphatic rings. The molecule has 0 aliphatic carbocycles. The van der Waals surface area contributed by atoms with Crippen LogP contribution in [0.5, 0.6) is 0 Å². The molecule has 0 fully saturated rings. The first-order chi connectivity index (χ1) is 7.20. The van der Waals surface area contributed by atoms with Crippen molar-refractivity contribution < 1.29 is 9.50 Å². The van der Waals surface area contributed by atoms with Crippen molar-refractivity contribution in [3.8, 4) is 10.4 Å². The number of halogens is 1. The number of hydrogen-bond acceptors (Lipinski definition) is 2. The Kier molecular flexibility index (Phi) is 2.84. The van der Waals surface area contributed by atoms with Gasteiger partial charge in [0.05, 0.1) is 6.61 Å². The average Bonchev–Trinajstić information content (AvgIpc) is 2.70. The van der Waals surface area contributed by atoms with Gasteiger partial charge in [0.15, 0.2) is 0 Å². The van der Waals surface area contributed by atoms with Gasteiger partial charge in [-0.3, -0.25) is 0 Å². The molecule has 0 spiro atoms. The van der Waals surface area contributed by atoms with Gasteiger partial charge in [0, 0.05) is 9.75 Å². The molecule has 0 saturated heterocycles. The maximum absolute atomic E-state index is 13.0. The van der Waals surface area contributed by atoms with Crippen LogP contribution < -0.4 is 0 Å². The Morgan fingerprint density at radius 2 is 2.07 bits per heavy atom. The highest BCUT2D eigenvalue weighted by atomic mass is 32.1. The van der Waals surface area contributed by atoms with Crippen LogP contribution in [0.4, 0.5) is 4.39 Å². The second-order valence-corrected chi connectivity index (χ2v) is 4.56. The summed E-state index contributed by atoms with van der Waals surface area (Å²) in [5.41, 5.74) is 1.64. The van der Waals surface area contributed by atoms with Gasteiger partial charge in [0.2, 0.25) is 0 Å². The molecular formula is C12H11FOS. The van der Waals surface area contributed by atoms with Gasteiger partial charge in [-0.1, -0.05) is 6.07 Å². The van der Waals surface area contributed by atoms with E-state index in [1.54, 1.807) is 13.0 Å². The van der Waals surface area contributed by atoms with Crippen molar-refractivity contribution in [2.24, 2.45) is 0 Å². The molecule has 1 nitrogen and oxygen atoms in total. The normalized spacial score (nSPS) is 10.6. The van der Waals surface area contributed by atoms with Crippen LogP contribution in [-0.2, 0) is 6.61 Å². The van der Waals surface area contributed by atoms with Gasteiger partial charge in [-0.05, 0) is 42.3 Å². The van der Waals surface area contributed by atoms with E-state index in [-0.39, 0.29) is 12.4 Å². The molecule has 1 aromatic carbocycles. The Morgan fingerprint density at radius 3 is 2.67 bits per heavy atom. The van der Waals surface area contributed by atoms with Gasteiger partial charge in [0.1, 0.15) is 5.82 Å². The van der Waals surface area contributed by atoms with E-state index in [4.69, 9.17) is 5.11 Å². The topological polar surface area (TPSA) is 20.2 Å². The number of aliphatic hydroxyl groups excluding tert-OH is 1. The summed E-state index contributed by atoms with van der Waals surface area (Å²) in [6.07, 6.45) is 0. The highest BCUT2D eigenvalue weighted by Gasteiger charge is 2.04. The summed E-state index contributed by atoms with van der Waals surface area (Å²) in [6.45, 7) is 1.81. The van der Waals surface area contributed by atoms with E-state index in [1.165, 1.54) is 17.4 Å².